The molecule has 1 aromatic carbocycles. The molecule has 2 rings (SSSR count). The molecular weight excluding hydrogens is 309 g/mol. The molecule has 0 fully saturated rings. The molecule has 0 saturated carbocycles. The standard InChI is InChI=1S/C16H25NO3S.Na/c1-5-15(6-2)13-10-9-12(21(18,19)20)11-14(13)16(7-3,8-4)17-15;/h9-11,17H,5-8H2,1-4H3,(H,18,19,20);/q;+1/p-1. The predicted octanol–water partition coefficient (Wildman–Crippen LogP) is 0.229. The minimum Gasteiger partial charge on any atom is -0.744 e. The van der Waals surface area contributed by atoms with Crippen molar-refractivity contribution in [3.8, 4) is 0 Å². The van der Waals surface area contributed by atoms with Gasteiger partial charge in [-0.1, -0.05) is 33.8 Å². The number of nitrogens with one attached hydrogen (secondary N) is 1. The van der Waals surface area contributed by atoms with E-state index in [4.69, 9.17) is 0 Å². The number of rotatable bonds is 5. The van der Waals surface area contributed by atoms with Gasteiger partial charge in [0.1, 0.15) is 10.1 Å². The molecule has 1 heterocycles. The Morgan fingerprint density at radius 3 is 1.82 bits per heavy atom. The van der Waals surface area contributed by atoms with Crippen LogP contribution in [0.4, 0.5) is 0 Å². The van der Waals surface area contributed by atoms with E-state index in [1.165, 1.54) is 6.07 Å². The molecule has 0 saturated heterocycles. The molecule has 118 valence electrons. The van der Waals surface area contributed by atoms with Crippen molar-refractivity contribution in [3.05, 3.63) is 29.3 Å². The smallest absolute Gasteiger partial charge is 0.744 e. The van der Waals surface area contributed by atoms with E-state index in [1.54, 1.807) is 6.07 Å². The first-order chi connectivity index (χ1) is 9.78. The number of benzene rings is 1. The van der Waals surface area contributed by atoms with Crippen LogP contribution in [0.2, 0.25) is 0 Å². The van der Waals surface area contributed by atoms with Crippen LogP contribution < -0.4 is 34.9 Å². The van der Waals surface area contributed by atoms with Gasteiger partial charge in [-0.25, -0.2) is 8.42 Å². The number of hydrogen-bond acceptors (Lipinski definition) is 4. The van der Waals surface area contributed by atoms with Crippen LogP contribution in [0.3, 0.4) is 0 Å². The molecule has 0 amide bonds. The maximum atomic E-state index is 11.3. The van der Waals surface area contributed by atoms with E-state index < -0.39 is 10.1 Å². The third-order valence-corrected chi connectivity index (χ3v) is 6.03. The van der Waals surface area contributed by atoms with Crippen molar-refractivity contribution in [1.82, 2.24) is 5.32 Å². The first kappa shape index (κ1) is 20.1. The molecule has 6 heteroatoms. The van der Waals surface area contributed by atoms with E-state index in [2.05, 4.69) is 33.0 Å². The zero-order valence-corrected chi connectivity index (χ0v) is 17.0. The SMILES string of the molecule is CCC1(CC)NC(CC)(CC)c2cc(S(=O)(=O)[O-])ccc21.[Na+]. The summed E-state index contributed by atoms with van der Waals surface area (Å²) in [5, 5.41) is 3.76. The molecule has 0 unspecified atom stereocenters. The van der Waals surface area contributed by atoms with Gasteiger partial charge in [0.2, 0.25) is 0 Å². The molecule has 0 atom stereocenters. The molecule has 1 aliphatic heterocycles. The third kappa shape index (κ3) is 3.04. The Morgan fingerprint density at radius 1 is 0.955 bits per heavy atom. The fourth-order valence-electron chi connectivity index (χ4n) is 3.70. The van der Waals surface area contributed by atoms with Crippen molar-refractivity contribution in [2.45, 2.75) is 69.4 Å². The van der Waals surface area contributed by atoms with Gasteiger partial charge < -0.3 is 4.55 Å². The molecule has 4 nitrogen and oxygen atoms in total. The van der Waals surface area contributed by atoms with Gasteiger partial charge in [0, 0.05) is 11.1 Å². The molecule has 0 spiro atoms. The molecular formula is C16H24NNaO3S. The van der Waals surface area contributed by atoms with E-state index in [9.17, 15) is 13.0 Å². The van der Waals surface area contributed by atoms with Gasteiger partial charge in [-0.3, -0.25) is 5.32 Å². The maximum Gasteiger partial charge on any atom is 1.00 e. The average molecular weight is 333 g/mol. The summed E-state index contributed by atoms with van der Waals surface area (Å²) >= 11 is 0. The fourth-order valence-corrected chi connectivity index (χ4v) is 4.20. The second kappa shape index (κ2) is 6.91. The van der Waals surface area contributed by atoms with Crippen molar-refractivity contribution in [1.29, 1.82) is 0 Å². The molecule has 0 aliphatic carbocycles. The van der Waals surface area contributed by atoms with E-state index >= 15 is 0 Å². The van der Waals surface area contributed by atoms with Crippen LogP contribution in [0.1, 0.15) is 64.5 Å². The summed E-state index contributed by atoms with van der Waals surface area (Å²) in [6.45, 7) is 8.47. The Hall–Kier alpha value is 0.0900. The zero-order valence-electron chi connectivity index (χ0n) is 14.2. The minimum absolute atomic E-state index is 0. The van der Waals surface area contributed by atoms with Gasteiger partial charge in [-0.15, -0.1) is 0 Å². The molecule has 1 aromatic rings. The quantitative estimate of drug-likeness (QED) is 0.619. The van der Waals surface area contributed by atoms with Crippen LogP contribution in [-0.2, 0) is 21.2 Å². The Morgan fingerprint density at radius 2 is 1.41 bits per heavy atom. The first-order valence-electron chi connectivity index (χ1n) is 7.68. The largest absolute Gasteiger partial charge is 1.00 e. The minimum atomic E-state index is -4.42. The van der Waals surface area contributed by atoms with Crippen LogP contribution >= 0.6 is 0 Å². The topological polar surface area (TPSA) is 69.2 Å². The Balaban J connectivity index is 0.00000242. The molecule has 1 aliphatic rings. The Bertz CT molecular complexity index is 635. The van der Waals surface area contributed by atoms with Gasteiger partial charge in [0.25, 0.3) is 0 Å². The summed E-state index contributed by atoms with van der Waals surface area (Å²) in [4.78, 5) is -0.127. The van der Waals surface area contributed by atoms with Crippen molar-refractivity contribution in [2.75, 3.05) is 0 Å². The number of hydrogen-bond donors (Lipinski definition) is 1. The van der Waals surface area contributed by atoms with Crippen LogP contribution in [0, 0.1) is 0 Å². The van der Waals surface area contributed by atoms with Crippen molar-refractivity contribution < 1.29 is 42.5 Å². The second-order valence-corrected chi connectivity index (χ2v) is 7.24. The summed E-state index contributed by atoms with van der Waals surface area (Å²) in [5.74, 6) is 0. The van der Waals surface area contributed by atoms with Gasteiger partial charge in [0.05, 0.1) is 4.90 Å². The van der Waals surface area contributed by atoms with E-state index in [1.807, 2.05) is 6.07 Å². The Kier molecular flexibility index (Phi) is 6.33. The van der Waals surface area contributed by atoms with Gasteiger partial charge >= 0.3 is 29.6 Å². The normalized spacial score (nSPS) is 18.6. The average Bonchev–Trinajstić information content (AvgIpc) is 2.77. The van der Waals surface area contributed by atoms with Crippen LogP contribution in [0.15, 0.2) is 23.1 Å². The summed E-state index contributed by atoms with van der Waals surface area (Å²) in [6, 6.07) is 4.86. The van der Waals surface area contributed by atoms with Crippen molar-refractivity contribution in [3.63, 3.8) is 0 Å². The maximum absolute atomic E-state index is 11.3. The second-order valence-electron chi connectivity index (χ2n) is 5.86. The molecule has 1 N–H and O–H groups in total. The van der Waals surface area contributed by atoms with E-state index in [-0.39, 0.29) is 45.5 Å². The molecule has 22 heavy (non-hydrogen) atoms. The van der Waals surface area contributed by atoms with Gasteiger partial charge in [0.15, 0.2) is 0 Å². The van der Waals surface area contributed by atoms with Crippen molar-refractivity contribution >= 4 is 10.1 Å². The van der Waals surface area contributed by atoms with Crippen LogP contribution in [0.25, 0.3) is 0 Å². The summed E-state index contributed by atoms with van der Waals surface area (Å²) < 4.78 is 34.0. The summed E-state index contributed by atoms with van der Waals surface area (Å²) in [6.07, 6.45) is 3.59. The van der Waals surface area contributed by atoms with E-state index in [0.717, 1.165) is 36.8 Å². The fraction of sp³-hybridized carbons (Fsp3) is 0.625. The molecule has 0 aromatic heterocycles. The first-order valence-corrected chi connectivity index (χ1v) is 9.09. The third-order valence-electron chi connectivity index (χ3n) is 5.20. The molecule has 0 radical (unpaired) electrons. The Labute approximate surface area is 156 Å². The number of fused-ring (bicyclic) bond motifs is 1. The molecule has 0 bridgehead atoms. The summed E-state index contributed by atoms with van der Waals surface area (Å²) in [7, 11) is -4.42. The van der Waals surface area contributed by atoms with Gasteiger partial charge in [-0.2, -0.15) is 0 Å². The van der Waals surface area contributed by atoms with E-state index in [0.29, 0.717) is 0 Å². The van der Waals surface area contributed by atoms with Crippen molar-refractivity contribution in [2.24, 2.45) is 0 Å². The monoisotopic (exact) mass is 333 g/mol. The predicted molar refractivity (Wildman–Crippen MR) is 82.1 cm³/mol. The van der Waals surface area contributed by atoms with Crippen LogP contribution in [0.5, 0.6) is 0 Å². The summed E-state index contributed by atoms with van der Waals surface area (Å²) in [5.41, 5.74) is 1.74. The van der Waals surface area contributed by atoms with Gasteiger partial charge in [-0.05, 0) is 48.9 Å². The van der Waals surface area contributed by atoms with Crippen LogP contribution in [-0.4, -0.2) is 13.0 Å². The zero-order chi connectivity index (χ0) is 15.9.